The Labute approximate surface area is 210 Å². The molecule has 1 aliphatic rings. The lowest BCUT2D eigenvalue weighted by Gasteiger charge is -2.33. The highest BCUT2D eigenvalue weighted by Gasteiger charge is 2.34. The number of benzene rings is 2. The van der Waals surface area contributed by atoms with Crippen LogP contribution in [0.1, 0.15) is 5.56 Å². The Kier molecular flexibility index (Phi) is 7.64. The number of hydrogen-bond donors (Lipinski definition) is 1. The number of aromatic nitrogens is 1. The second-order valence-electron chi connectivity index (χ2n) is 8.02. The van der Waals surface area contributed by atoms with Gasteiger partial charge in [-0.2, -0.15) is 17.5 Å². The molecule has 1 amide bonds. The number of alkyl halides is 3. The maximum atomic E-state index is 13.0. The first-order valence-electron chi connectivity index (χ1n) is 10.9. The zero-order valence-corrected chi connectivity index (χ0v) is 20.8. The maximum absolute atomic E-state index is 13.0. The molecule has 1 aliphatic heterocycles. The number of thiazole rings is 1. The van der Waals surface area contributed by atoms with Gasteiger partial charge in [-0.15, -0.1) is 11.3 Å². The number of nitrogens with one attached hydrogen (secondary N) is 1. The van der Waals surface area contributed by atoms with E-state index in [1.807, 2.05) is 29.6 Å². The fourth-order valence-corrected chi connectivity index (χ4v) is 5.90. The summed E-state index contributed by atoms with van der Waals surface area (Å²) in [6.07, 6.45) is -4.63. The summed E-state index contributed by atoms with van der Waals surface area (Å²) in [5.41, 5.74) is 0.577. The summed E-state index contributed by atoms with van der Waals surface area (Å²) in [6, 6.07) is 11.1. The minimum Gasteiger partial charge on any atom is -0.497 e. The highest BCUT2D eigenvalue weighted by atomic mass is 32.2. The number of rotatable bonds is 7. The van der Waals surface area contributed by atoms with Crippen molar-refractivity contribution in [1.29, 1.82) is 0 Å². The van der Waals surface area contributed by atoms with Gasteiger partial charge in [-0.25, -0.2) is 13.4 Å². The summed E-state index contributed by atoms with van der Waals surface area (Å²) in [5, 5.41) is 5.02. The predicted octanol–water partition coefficient (Wildman–Crippen LogP) is 3.78. The fraction of sp³-hybridized carbons (Fsp3) is 0.304. The molecule has 0 saturated carbocycles. The van der Waals surface area contributed by atoms with Crippen molar-refractivity contribution in [3.05, 3.63) is 59.5 Å². The van der Waals surface area contributed by atoms with Gasteiger partial charge in [-0.1, -0.05) is 6.07 Å². The number of nitrogens with zero attached hydrogens (tertiary/aromatic N) is 3. The summed E-state index contributed by atoms with van der Waals surface area (Å²) in [5.74, 6) is 0.435. The average molecular weight is 541 g/mol. The van der Waals surface area contributed by atoms with Crippen LogP contribution in [0, 0.1) is 0 Å². The Morgan fingerprint density at radius 1 is 1.11 bits per heavy atom. The van der Waals surface area contributed by atoms with Gasteiger partial charge >= 0.3 is 6.18 Å². The molecule has 0 unspecified atom stereocenters. The molecule has 0 atom stereocenters. The molecule has 192 valence electrons. The Morgan fingerprint density at radius 3 is 2.44 bits per heavy atom. The summed E-state index contributed by atoms with van der Waals surface area (Å²) < 4.78 is 70.9. The van der Waals surface area contributed by atoms with Crippen LogP contribution in [-0.2, 0) is 21.0 Å². The number of carbonyl (C=O) groups excluding carboxylic acids is 1. The van der Waals surface area contributed by atoms with Gasteiger partial charge in [-0.3, -0.25) is 9.69 Å². The Balaban J connectivity index is 1.31. The van der Waals surface area contributed by atoms with E-state index in [1.54, 1.807) is 12.0 Å². The van der Waals surface area contributed by atoms with Crippen LogP contribution >= 0.6 is 11.3 Å². The molecule has 2 heterocycles. The minimum absolute atomic E-state index is 0.0366. The van der Waals surface area contributed by atoms with Crippen LogP contribution in [-0.4, -0.2) is 68.3 Å². The van der Waals surface area contributed by atoms with Crippen molar-refractivity contribution in [2.24, 2.45) is 0 Å². The highest BCUT2D eigenvalue weighted by Crippen LogP contribution is 2.31. The molecular formula is C23H23F3N4O4S2. The van der Waals surface area contributed by atoms with E-state index in [9.17, 15) is 26.4 Å². The number of piperazine rings is 1. The zero-order valence-electron chi connectivity index (χ0n) is 19.2. The molecule has 3 aromatic rings. The lowest BCUT2D eigenvalue weighted by atomic mass is 10.2. The van der Waals surface area contributed by atoms with Gasteiger partial charge in [0.05, 0.1) is 29.8 Å². The molecule has 0 spiro atoms. The lowest BCUT2D eigenvalue weighted by Crippen LogP contribution is -2.50. The first-order chi connectivity index (χ1) is 17.1. The van der Waals surface area contributed by atoms with Gasteiger partial charge in [0.15, 0.2) is 5.13 Å². The summed E-state index contributed by atoms with van der Waals surface area (Å²) in [6.45, 7) is 0.686. The van der Waals surface area contributed by atoms with Crippen molar-refractivity contribution in [2.75, 3.05) is 45.2 Å². The average Bonchev–Trinajstić information content (AvgIpc) is 3.32. The van der Waals surface area contributed by atoms with Crippen LogP contribution in [0.2, 0.25) is 0 Å². The molecular weight excluding hydrogens is 517 g/mol. The van der Waals surface area contributed by atoms with Gasteiger partial charge in [-0.05, 0) is 42.5 Å². The largest absolute Gasteiger partial charge is 0.497 e. The van der Waals surface area contributed by atoms with Crippen LogP contribution in [0.3, 0.4) is 0 Å². The van der Waals surface area contributed by atoms with Crippen molar-refractivity contribution >= 4 is 32.4 Å². The molecule has 1 fully saturated rings. The molecule has 0 aliphatic carbocycles. The van der Waals surface area contributed by atoms with Crippen molar-refractivity contribution < 1.29 is 31.1 Å². The van der Waals surface area contributed by atoms with Gasteiger partial charge in [0.1, 0.15) is 5.75 Å². The van der Waals surface area contributed by atoms with E-state index < -0.39 is 26.7 Å². The third-order valence-corrected chi connectivity index (χ3v) is 8.29. The number of halogens is 3. The normalized spacial score (nSPS) is 15.6. The topological polar surface area (TPSA) is 91.8 Å². The summed E-state index contributed by atoms with van der Waals surface area (Å²) >= 11 is 1.29. The van der Waals surface area contributed by atoms with Crippen LogP contribution in [0.5, 0.6) is 5.75 Å². The van der Waals surface area contributed by atoms with Crippen molar-refractivity contribution in [2.45, 2.75) is 11.1 Å². The van der Waals surface area contributed by atoms with E-state index in [0.717, 1.165) is 33.8 Å². The van der Waals surface area contributed by atoms with Crippen LogP contribution < -0.4 is 10.1 Å². The monoisotopic (exact) mass is 540 g/mol. The molecule has 0 bridgehead atoms. The van der Waals surface area contributed by atoms with Crippen LogP contribution in [0.4, 0.5) is 18.3 Å². The van der Waals surface area contributed by atoms with Gasteiger partial charge in [0.25, 0.3) is 0 Å². The van der Waals surface area contributed by atoms with E-state index in [0.29, 0.717) is 16.9 Å². The van der Waals surface area contributed by atoms with E-state index >= 15 is 0 Å². The van der Waals surface area contributed by atoms with E-state index in [2.05, 4.69) is 10.3 Å². The van der Waals surface area contributed by atoms with Gasteiger partial charge < -0.3 is 10.1 Å². The standard InChI is InChI=1S/C23H23F3N4O4S2/c1-34-18-7-5-16(6-8-18)20-15-35-22(27-20)28-21(31)14-29-9-11-30(12-10-29)36(32,33)19-4-2-3-17(13-19)23(24,25)26/h2-8,13,15H,9-12,14H2,1H3,(H,27,28,31). The number of amides is 1. The molecule has 1 saturated heterocycles. The predicted molar refractivity (Wildman–Crippen MR) is 129 cm³/mol. The number of sulfonamides is 1. The fourth-order valence-electron chi connectivity index (χ4n) is 3.70. The quantitative estimate of drug-likeness (QED) is 0.491. The molecule has 36 heavy (non-hydrogen) atoms. The maximum Gasteiger partial charge on any atom is 0.416 e. The summed E-state index contributed by atoms with van der Waals surface area (Å²) in [4.78, 5) is 18.3. The molecule has 13 heteroatoms. The highest BCUT2D eigenvalue weighted by molar-refractivity contribution is 7.89. The van der Waals surface area contributed by atoms with Crippen LogP contribution in [0.15, 0.2) is 58.8 Å². The third-order valence-electron chi connectivity index (χ3n) is 5.63. The molecule has 8 nitrogen and oxygen atoms in total. The SMILES string of the molecule is COc1ccc(-c2csc(NC(=O)CN3CCN(S(=O)(=O)c4cccc(C(F)(F)F)c4)CC3)n2)cc1. The third kappa shape index (κ3) is 6.03. The van der Waals surface area contributed by atoms with E-state index in [-0.39, 0.29) is 38.6 Å². The van der Waals surface area contributed by atoms with E-state index in [4.69, 9.17) is 4.74 Å². The van der Waals surface area contributed by atoms with Gasteiger partial charge in [0, 0.05) is 37.1 Å². The molecule has 1 aromatic heterocycles. The Bertz CT molecular complexity index is 1320. The van der Waals surface area contributed by atoms with Gasteiger partial charge in [0.2, 0.25) is 15.9 Å². The van der Waals surface area contributed by atoms with Crippen molar-refractivity contribution in [3.8, 4) is 17.0 Å². The number of carbonyl (C=O) groups is 1. The van der Waals surface area contributed by atoms with Crippen LogP contribution in [0.25, 0.3) is 11.3 Å². The smallest absolute Gasteiger partial charge is 0.416 e. The minimum atomic E-state index is -4.63. The number of methoxy groups -OCH3 is 1. The second kappa shape index (κ2) is 10.5. The number of hydrogen-bond acceptors (Lipinski definition) is 7. The zero-order chi connectivity index (χ0) is 25.9. The van der Waals surface area contributed by atoms with E-state index in [1.165, 1.54) is 11.3 Å². The number of ether oxygens (including phenoxy) is 1. The lowest BCUT2D eigenvalue weighted by molar-refractivity contribution is -0.137. The second-order valence-corrected chi connectivity index (χ2v) is 10.8. The molecule has 2 aromatic carbocycles. The molecule has 1 N–H and O–H groups in total. The Hall–Kier alpha value is -3.00. The molecule has 0 radical (unpaired) electrons. The van der Waals surface area contributed by atoms with Crippen molar-refractivity contribution in [3.63, 3.8) is 0 Å². The first kappa shape index (κ1) is 26.1. The molecule has 4 rings (SSSR count). The van der Waals surface area contributed by atoms with Crippen molar-refractivity contribution in [1.82, 2.24) is 14.2 Å². The summed E-state index contributed by atoms with van der Waals surface area (Å²) in [7, 11) is -2.50. The first-order valence-corrected chi connectivity index (χ1v) is 13.2. The number of anilines is 1. The Morgan fingerprint density at radius 2 is 1.81 bits per heavy atom.